The van der Waals surface area contributed by atoms with Gasteiger partial charge in [0, 0.05) is 17.4 Å². The molecule has 17 heavy (non-hydrogen) atoms. The van der Waals surface area contributed by atoms with Crippen molar-refractivity contribution in [3.63, 3.8) is 0 Å². The van der Waals surface area contributed by atoms with Crippen molar-refractivity contribution in [2.45, 2.75) is 31.8 Å². The molecule has 0 spiro atoms. The molecule has 90 valence electrons. The van der Waals surface area contributed by atoms with Gasteiger partial charge in [-0.25, -0.2) is 4.79 Å². The highest BCUT2D eigenvalue weighted by atomic mass is 16.6. The highest BCUT2D eigenvalue weighted by Crippen LogP contribution is 2.51. The van der Waals surface area contributed by atoms with Gasteiger partial charge in [0.2, 0.25) is 0 Å². The number of fused-ring (bicyclic) bond motifs is 3. The number of ether oxygens (including phenoxy) is 1. The summed E-state index contributed by atoms with van der Waals surface area (Å²) in [6, 6.07) is 0. The summed E-state index contributed by atoms with van der Waals surface area (Å²) >= 11 is 0. The fourth-order valence-corrected chi connectivity index (χ4v) is 3.71. The number of carbonyl (C=O) groups excluding carboxylic acids is 1. The lowest BCUT2D eigenvalue weighted by molar-refractivity contribution is -0.141. The molecule has 1 aliphatic heterocycles. The quantitative estimate of drug-likeness (QED) is 0.363. The van der Waals surface area contributed by atoms with Crippen LogP contribution < -0.4 is 0 Å². The minimum absolute atomic E-state index is 0.0192. The fourth-order valence-electron chi connectivity index (χ4n) is 3.71. The topological polar surface area (TPSA) is 26.3 Å². The average molecular weight is 230 g/mol. The molecule has 2 heteroatoms. The van der Waals surface area contributed by atoms with E-state index in [1.54, 1.807) is 0 Å². The van der Waals surface area contributed by atoms with Crippen LogP contribution in [0, 0.1) is 17.8 Å². The van der Waals surface area contributed by atoms with Gasteiger partial charge < -0.3 is 4.74 Å². The van der Waals surface area contributed by atoms with E-state index >= 15 is 0 Å². The zero-order valence-electron chi connectivity index (χ0n) is 10.1. The molecule has 3 rings (SSSR count). The second-order valence-corrected chi connectivity index (χ2v) is 5.53. The van der Waals surface area contributed by atoms with Gasteiger partial charge in [0.25, 0.3) is 0 Å². The second-order valence-electron chi connectivity index (χ2n) is 5.53. The van der Waals surface area contributed by atoms with Crippen molar-refractivity contribution >= 4 is 5.97 Å². The van der Waals surface area contributed by atoms with Crippen LogP contribution in [0.25, 0.3) is 0 Å². The highest BCUT2D eigenvalue weighted by molar-refractivity contribution is 5.91. The molecule has 0 amide bonds. The molecular weight excluding hydrogens is 212 g/mol. The van der Waals surface area contributed by atoms with E-state index in [-0.39, 0.29) is 23.9 Å². The van der Waals surface area contributed by atoms with Crippen LogP contribution in [0.15, 0.2) is 36.5 Å². The molecule has 4 atom stereocenters. The lowest BCUT2D eigenvalue weighted by Crippen LogP contribution is -2.28. The summed E-state index contributed by atoms with van der Waals surface area (Å²) in [5.74, 6) is 0.740. The standard InChI is InChI=1S/C15H18O2/c1-8-4-7-12-10(3)15(16)17-14(12)13-9(2)5-6-11(8)13/h11-14H,1-7H2/t11-,12+,13+,14-/m1/s1. The zero-order valence-corrected chi connectivity index (χ0v) is 10.1. The smallest absolute Gasteiger partial charge is 0.334 e. The van der Waals surface area contributed by atoms with Crippen LogP contribution in [0.3, 0.4) is 0 Å². The second kappa shape index (κ2) is 3.59. The summed E-state index contributed by atoms with van der Waals surface area (Å²) in [4.78, 5) is 11.7. The van der Waals surface area contributed by atoms with Gasteiger partial charge in [-0.3, -0.25) is 0 Å². The Bertz CT molecular complexity index is 432. The Kier molecular flexibility index (Phi) is 2.29. The lowest BCUT2D eigenvalue weighted by atomic mass is 9.82. The molecule has 1 heterocycles. The van der Waals surface area contributed by atoms with Crippen LogP contribution in [0.4, 0.5) is 0 Å². The van der Waals surface area contributed by atoms with Crippen molar-refractivity contribution in [3.8, 4) is 0 Å². The van der Waals surface area contributed by atoms with E-state index in [1.165, 1.54) is 11.1 Å². The van der Waals surface area contributed by atoms with Gasteiger partial charge in [0.15, 0.2) is 0 Å². The molecule has 0 N–H and O–H groups in total. The van der Waals surface area contributed by atoms with Gasteiger partial charge in [0.1, 0.15) is 6.10 Å². The molecular formula is C15H18O2. The van der Waals surface area contributed by atoms with E-state index in [0.29, 0.717) is 11.5 Å². The molecule has 0 bridgehead atoms. The van der Waals surface area contributed by atoms with Gasteiger partial charge in [-0.15, -0.1) is 0 Å². The number of rotatable bonds is 0. The monoisotopic (exact) mass is 230 g/mol. The summed E-state index contributed by atoms with van der Waals surface area (Å²) in [6.45, 7) is 12.3. The summed E-state index contributed by atoms with van der Waals surface area (Å²) < 4.78 is 5.55. The molecule has 1 saturated heterocycles. The summed E-state index contributed by atoms with van der Waals surface area (Å²) in [5, 5.41) is 0. The zero-order chi connectivity index (χ0) is 12.2. The Morgan fingerprint density at radius 3 is 2.41 bits per heavy atom. The van der Waals surface area contributed by atoms with Crippen molar-refractivity contribution in [2.24, 2.45) is 17.8 Å². The first-order chi connectivity index (χ1) is 8.09. The maximum absolute atomic E-state index is 11.7. The number of carbonyl (C=O) groups is 1. The van der Waals surface area contributed by atoms with Gasteiger partial charge in [-0.05, 0) is 31.6 Å². The first-order valence-corrected chi connectivity index (χ1v) is 6.34. The molecule has 2 aliphatic carbocycles. The van der Waals surface area contributed by atoms with E-state index < -0.39 is 0 Å². The summed E-state index contributed by atoms with van der Waals surface area (Å²) in [6.07, 6.45) is 4.09. The van der Waals surface area contributed by atoms with Crippen molar-refractivity contribution in [2.75, 3.05) is 0 Å². The fraction of sp³-hybridized carbons (Fsp3) is 0.533. The molecule has 0 aromatic heterocycles. The normalized spacial score (nSPS) is 40.9. The Labute approximate surface area is 102 Å². The molecule has 0 aromatic carbocycles. The molecule has 3 fully saturated rings. The van der Waals surface area contributed by atoms with Gasteiger partial charge in [-0.2, -0.15) is 0 Å². The largest absolute Gasteiger partial charge is 0.458 e. The van der Waals surface area contributed by atoms with Crippen LogP contribution in [0.2, 0.25) is 0 Å². The molecule has 0 unspecified atom stereocenters. The van der Waals surface area contributed by atoms with Gasteiger partial charge in [-0.1, -0.05) is 30.9 Å². The average Bonchev–Trinajstić information content (AvgIpc) is 2.75. The Hall–Kier alpha value is -1.31. The number of allylic oxidation sites excluding steroid dienone is 1. The Morgan fingerprint density at radius 1 is 1.00 bits per heavy atom. The molecule has 3 aliphatic rings. The maximum atomic E-state index is 11.7. The molecule has 2 saturated carbocycles. The van der Waals surface area contributed by atoms with Crippen LogP contribution >= 0.6 is 0 Å². The summed E-state index contributed by atoms with van der Waals surface area (Å²) in [7, 11) is 0. The predicted octanol–water partition coefficient (Wildman–Crippen LogP) is 3.02. The van der Waals surface area contributed by atoms with Crippen LogP contribution in [0.1, 0.15) is 25.7 Å². The first kappa shape index (κ1) is 10.8. The van der Waals surface area contributed by atoms with Crippen molar-refractivity contribution in [1.29, 1.82) is 0 Å². The third-order valence-corrected chi connectivity index (χ3v) is 4.69. The Balaban J connectivity index is 2.00. The minimum Gasteiger partial charge on any atom is -0.458 e. The van der Waals surface area contributed by atoms with Crippen LogP contribution in [-0.2, 0) is 9.53 Å². The van der Waals surface area contributed by atoms with Crippen LogP contribution in [-0.4, -0.2) is 12.1 Å². The lowest BCUT2D eigenvalue weighted by Gasteiger charge is -2.26. The summed E-state index contributed by atoms with van der Waals surface area (Å²) in [5.41, 5.74) is 3.20. The third kappa shape index (κ3) is 1.43. The van der Waals surface area contributed by atoms with Gasteiger partial charge in [0.05, 0.1) is 0 Å². The van der Waals surface area contributed by atoms with Crippen molar-refractivity contribution in [3.05, 3.63) is 36.5 Å². The Morgan fingerprint density at radius 2 is 1.65 bits per heavy atom. The predicted molar refractivity (Wildman–Crippen MR) is 66.2 cm³/mol. The molecule has 0 aromatic rings. The van der Waals surface area contributed by atoms with E-state index in [9.17, 15) is 4.79 Å². The molecule has 2 nitrogen and oxygen atoms in total. The third-order valence-electron chi connectivity index (χ3n) is 4.69. The van der Waals surface area contributed by atoms with E-state index in [4.69, 9.17) is 4.74 Å². The number of hydrogen-bond donors (Lipinski definition) is 0. The minimum atomic E-state index is -0.203. The van der Waals surface area contributed by atoms with E-state index in [2.05, 4.69) is 19.7 Å². The SMILES string of the molecule is C=C1CC[C@@H]2C(=C)CC[C@H]3C(=C)C(=O)O[C@H]3[C@@H]12. The van der Waals surface area contributed by atoms with Crippen molar-refractivity contribution < 1.29 is 9.53 Å². The van der Waals surface area contributed by atoms with E-state index in [1.807, 2.05) is 0 Å². The molecule has 0 radical (unpaired) electrons. The van der Waals surface area contributed by atoms with Crippen LogP contribution in [0.5, 0.6) is 0 Å². The maximum Gasteiger partial charge on any atom is 0.334 e. The highest BCUT2D eigenvalue weighted by Gasteiger charge is 2.50. The number of esters is 1. The first-order valence-electron chi connectivity index (χ1n) is 6.34. The van der Waals surface area contributed by atoms with E-state index in [0.717, 1.165) is 25.7 Å². The van der Waals surface area contributed by atoms with Gasteiger partial charge >= 0.3 is 5.97 Å². The number of hydrogen-bond acceptors (Lipinski definition) is 2. The van der Waals surface area contributed by atoms with Crippen molar-refractivity contribution in [1.82, 2.24) is 0 Å².